The summed E-state index contributed by atoms with van der Waals surface area (Å²) >= 11 is 1.05. The molecule has 2 N–H and O–H groups in total. The Bertz CT molecular complexity index is 573. The van der Waals surface area contributed by atoms with Crippen LogP contribution in [0.3, 0.4) is 0 Å². The van der Waals surface area contributed by atoms with Gasteiger partial charge in [0.2, 0.25) is 0 Å². The molecule has 0 atom stereocenters. The summed E-state index contributed by atoms with van der Waals surface area (Å²) in [5.74, 6) is -2.87. The van der Waals surface area contributed by atoms with Crippen molar-refractivity contribution >= 4 is 16.5 Å². The van der Waals surface area contributed by atoms with Crippen molar-refractivity contribution in [3.05, 3.63) is 29.1 Å². The molecule has 2 aromatic rings. The van der Waals surface area contributed by atoms with E-state index < -0.39 is 24.0 Å². The van der Waals surface area contributed by atoms with Gasteiger partial charge in [-0.15, -0.1) is 11.3 Å². The molecule has 0 radical (unpaired) electrons. The van der Waals surface area contributed by atoms with Crippen molar-refractivity contribution in [2.75, 3.05) is 5.73 Å². The zero-order chi connectivity index (χ0) is 13.3. The highest BCUT2D eigenvalue weighted by atomic mass is 32.1. The number of hydrogen-bond donors (Lipinski definition) is 1. The molecule has 1 heterocycles. The third-order valence-corrected chi connectivity index (χ3v) is 2.71. The van der Waals surface area contributed by atoms with E-state index in [9.17, 15) is 17.6 Å². The van der Waals surface area contributed by atoms with Crippen LogP contribution in [0.15, 0.2) is 17.5 Å². The highest BCUT2D eigenvalue weighted by molar-refractivity contribution is 7.13. The van der Waals surface area contributed by atoms with E-state index in [0.717, 1.165) is 17.4 Å². The largest absolute Gasteiger partial charge is 0.432 e. The van der Waals surface area contributed by atoms with Crippen LogP contribution in [0.4, 0.5) is 22.7 Å². The van der Waals surface area contributed by atoms with E-state index in [2.05, 4.69) is 9.72 Å². The summed E-state index contributed by atoms with van der Waals surface area (Å²) in [6.45, 7) is -3.22. The predicted molar refractivity (Wildman–Crippen MR) is 58.5 cm³/mol. The van der Waals surface area contributed by atoms with Gasteiger partial charge in [0.15, 0.2) is 16.7 Å². The number of aromatic nitrogens is 1. The zero-order valence-corrected chi connectivity index (χ0v) is 9.48. The highest BCUT2D eigenvalue weighted by Crippen LogP contribution is 2.30. The molecule has 18 heavy (non-hydrogen) atoms. The number of alkyl halides is 2. The lowest BCUT2D eigenvalue weighted by Crippen LogP contribution is -2.04. The molecule has 0 bridgehead atoms. The second-order valence-corrected chi connectivity index (χ2v) is 4.10. The number of rotatable bonds is 3. The molecule has 96 valence electrons. The molecule has 0 saturated heterocycles. The third kappa shape index (κ3) is 2.53. The van der Waals surface area contributed by atoms with E-state index in [4.69, 9.17) is 5.73 Å². The van der Waals surface area contributed by atoms with Crippen LogP contribution in [-0.4, -0.2) is 11.6 Å². The predicted octanol–water partition coefficient (Wildman–Crippen LogP) is 3.27. The van der Waals surface area contributed by atoms with Gasteiger partial charge in [-0.25, -0.2) is 13.8 Å². The van der Waals surface area contributed by atoms with Gasteiger partial charge in [0, 0.05) is 17.0 Å². The standard InChI is InChI=1S/C10H6F4N2OS/c11-5-2-8(17-9(13)14)6(12)1-4(5)7-3-18-10(15)16-7/h1-3,9H,(H2,15,16). The number of nitrogens with zero attached hydrogens (tertiary/aromatic N) is 1. The fourth-order valence-electron chi connectivity index (χ4n) is 1.32. The minimum absolute atomic E-state index is 0.137. The molecule has 8 heteroatoms. The Morgan fingerprint density at radius 3 is 2.50 bits per heavy atom. The molecule has 0 unspecified atom stereocenters. The van der Waals surface area contributed by atoms with Gasteiger partial charge >= 0.3 is 6.61 Å². The maximum absolute atomic E-state index is 13.6. The first-order chi connectivity index (χ1) is 8.47. The van der Waals surface area contributed by atoms with Crippen LogP contribution in [0.5, 0.6) is 5.75 Å². The molecule has 0 saturated carbocycles. The highest BCUT2D eigenvalue weighted by Gasteiger charge is 2.16. The van der Waals surface area contributed by atoms with E-state index in [1.165, 1.54) is 5.38 Å². The Morgan fingerprint density at radius 1 is 1.22 bits per heavy atom. The lowest BCUT2D eigenvalue weighted by molar-refractivity contribution is -0.0523. The summed E-state index contributed by atoms with van der Waals surface area (Å²) in [4.78, 5) is 3.77. The van der Waals surface area contributed by atoms with Crippen molar-refractivity contribution in [3.8, 4) is 17.0 Å². The SMILES string of the molecule is Nc1nc(-c2cc(F)c(OC(F)F)cc2F)cs1. The van der Waals surface area contributed by atoms with Crippen molar-refractivity contribution in [1.29, 1.82) is 0 Å². The minimum Gasteiger partial charge on any atom is -0.432 e. The molecule has 0 spiro atoms. The zero-order valence-electron chi connectivity index (χ0n) is 8.66. The number of thiazole rings is 1. The fraction of sp³-hybridized carbons (Fsp3) is 0.100. The molecule has 0 aliphatic heterocycles. The molecule has 0 aliphatic carbocycles. The van der Waals surface area contributed by atoms with E-state index in [0.29, 0.717) is 6.07 Å². The lowest BCUT2D eigenvalue weighted by atomic mass is 10.1. The topological polar surface area (TPSA) is 48.1 Å². The van der Waals surface area contributed by atoms with Gasteiger partial charge in [0.05, 0.1) is 5.69 Å². The van der Waals surface area contributed by atoms with Crippen molar-refractivity contribution in [3.63, 3.8) is 0 Å². The Hall–Kier alpha value is -1.83. The van der Waals surface area contributed by atoms with E-state index in [-0.39, 0.29) is 16.4 Å². The van der Waals surface area contributed by atoms with Crippen LogP contribution in [-0.2, 0) is 0 Å². The summed E-state index contributed by atoms with van der Waals surface area (Å²) in [7, 11) is 0. The average Bonchev–Trinajstić information content (AvgIpc) is 2.69. The molecule has 3 nitrogen and oxygen atoms in total. The molecule has 0 fully saturated rings. The monoisotopic (exact) mass is 278 g/mol. The normalized spacial score (nSPS) is 10.9. The van der Waals surface area contributed by atoms with Crippen LogP contribution in [0.2, 0.25) is 0 Å². The van der Waals surface area contributed by atoms with Gasteiger partial charge in [-0.1, -0.05) is 0 Å². The molecule has 1 aromatic heterocycles. The van der Waals surface area contributed by atoms with Gasteiger partial charge in [-0.3, -0.25) is 0 Å². The summed E-state index contributed by atoms with van der Waals surface area (Å²) in [6.07, 6.45) is 0. The Balaban J connectivity index is 2.42. The van der Waals surface area contributed by atoms with Gasteiger partial charge < -0.3 is 10.5 Å². The molecule has 2 rings (SSSR count). The molecule has 0 aliphatic rings. The van der Waals surface area contributed by atoms with Crippen LogP contribution in [0, 0.1) is 11.6 Å². The first-order valence-corrected chi connectivity index (χ1v) is 5.50. The smallest absolute Gasteiger partial charge is 0.387 e. The number of ether oxygens (including phenoxy) is 1. The fourth-order valence-corrected chi connectivity index (χ4v) is 1.89. The van der Waals surface area contributed by atoms with Crippen molar-refractivity contribution in [2.45, 2.75) is 6.61 Å². The first-order valence-electron chi connectivity index (χ1n) is 4.62. The number of benzene rings is 1. The van der Waals surface area contributed by atoms with Crippen LogP contribution >= 0.6 is 11.3 Å². The van der Waals surface area contributed by atoms with Crippen molar-refractivity contribution in [2.24, 2.45) is 0 Å². The lowest BCUT2D eigenvalue weighted by Gasteiger charge is -2.07. The van der Waals surface area contributed by atoms with Crippen molar-refractivity contribution < 1.29 is 22.3 Å². The van der Waals surface area contributed by atoms with Gasteiger partial charge in [0.25, 0.3) is 0 Å². The quantitative estimate of drug-likeness (QED) is 0.876. The summed E-state index contributed by atoms with van der Waals surface area (Å²) in [6, 6.07) is 1.29. The maximum atomic E-state index is 13.6. The Morgan fingerprint density at radius 2 is 1.94 bits per heavy atom. The van der Waals surface area contributed by atoms with E-state index in [1.54, 1.807) is 0 Å². The molecule has 1 aromatic carbocycles. The average molecular weight is 278 g/mol. The minimum atomic E-state index is -3.22. The number of anilines is 1. The van der Waals surface area contributed by atoms with Gasteiger partial charge in [-0.2, -0.15) is 8.78 Å². The second-order valence-electron chi connectivity index (χ2n) is 3.21. The van der Waals surface area contributed by atoms with E-state index >= 15 is 0 Å². The second kappa shape index (κ2) is 4.81. The molecular formula is C10H6F4N2OS. The van der Waals surface area contributed by atoms with Crippen LogP contribution < -0.4 is 10.5 Å². The number of nitrogen functional groups attached to an aromatic ring is 1. The van der Waals surface area contributed by atoms with Crippen LogP contribution in [0.1, 0.15) is 0 Å². The Labute approximate surface area is 103 Å². The molecular weight excluding hydrogens is 272 g/mol. The molecule has 0 amide bonds. The maximum Gasteiger partial charge on any atom is 0.387 e. The van der Waals surface area contributed by atoms with Gasteiger partial charge in [0.1, 0.15) is 5.82 Å². The number of nitrogens with two attached hydrogens (primary N) is 1. The summed E-state index contributed by atoms with van der Waals surface area (Å²) in [5, 5.41) is 1.62. The summed E-state index contributed by atoms with van der Waals surface area (Å²) in [5.41, 5.74) is 5.34. The third-order valence-electron chi connectivity index (χ3n) is 2.04. The van der Waals surface area contributed by atoms with Gasteiger partial charge in [-0.05, 0) is 6.07 Å². The van der Waals surface area contributed by atoms with E-state index in [1.807, 2.05) is 0 Å². The number of hydrogen-bond acceptors (Lipinski definition) is 4. The summed E-state index contributed by atoms with van der Waals surface area (Å²) < 4.78 is 54.7. The van der Waals surface area contributed by atoms with Crippen LogP contribution in [0.25, 0.3) is 11.3 Å². The van der Waals surface area contributed by atoms with Crippen molar-refractivity contribution in [1.82, 2.24) is 4.98 Å². The number of halogens is 4. The Kier molecular flexibility index (Phi) is 3.37. The first kappa shape index (κ1) is 12.6.